The molecule has 0 N–H and O–H groups in total. The highest BCUT2D eigenvalue weighted by molar-refractivity contribution is 5.33. The lowest BCUT2D eigenvalue weighted by Crippen LogP contribution is -2.20. The maximum atomic E-state index is 6.05. The van der Waals surface area contributed by atoms with Crippen molar-refractivity contribution < 1.29 is 4.74 Å². The van der Waals surface area contributed by atoms with Gasteiger partial charge in [0.25, 0.3) is 0 Å². The molecule has 1 aliphatic heterocycles. The van der Waals surface area contributed by atoms with E-state index in [0.29, 0.717) is 12.5 Å². The second-order valence-electron chi connectivity index (χ2n) is 6.99. The summed E-state index contributed by atoms with van der Waals surface area (Å²) in [6.45, 7) is 5.42. The topological polar surface area (TPSA) is 51.1 Å². The first kappa shape index (κ1) is 17.6. The number of rotatable bonds is 6. The molecule has 1 aliphatic rings. The Morgan fingerprint density at radius 1 is 1.04 bits per heavy atom. The third kappa shape index (κ3) is 4.49. The van der Waals surface area contributed by atoms with Crippen molar-refractivity contribution >= 4 is 0 Å². The molecule has 1 fully saturated rings. The number of aromatic nitrogens is 3. The molecule has 5 heteroatoms. The van der Waals surface area contributed by atoms with Crippen molar-refractivity contribution in [3.63, 3.8) is 0 Å². The van der Waals surface area contributed by atoms with E-state index >= 15 is 0 Å². The molecule has 0 aliphatic carbocycles. The van der Waals surface area contributed by atoms with Crippen LogP contribution in [-0.2, 0) is 13.2 Å². The molecule has 1 saturated heterocycles. The van der Waals surface area contributed by atoms with Crippen molar-refractivity contribution in [3.05, 3.63) is 83.7 Å². The average molecular weight is 360 g/mol. The summed E-state index contributed by atoms with van der Waals surface area (Å²) in [7, 11) is 0. The van der Waals surface area contributed by atoms with Crippen LogP contribution in [0.1, 0.15) is 35.1 Å². The molecule has 0 unspecified atom stereocenters. The van der Waals surface area contributed by atoms with E-state index in [0.717, 1.165) is 49.0 Å². The highest BCUT2D eigenvalue weighted by Crippen LogP contribution is 2.28. The molecule has 1 atom stereocenters. The lowest BCUT2D eigenvalue weighted by molar-refractivity contribution is 0.281. The quantitative estimate of drug-likeness (QED) is 0.670. The molecule has 0 bridgehead atoms. The number of benzene rings is 1. The molecular weight excluding hydrogens is 336 g/mol. The Kier molecular flexibility index (Phi) is 5.39. The normalized spacial score (nSPS) is 17.1. The Morgan fingerprint density at radius 2 is 1.93 bits per heavy atom. The standard InChI is InChI=1S/C22H24N4O/c1-17-9-12-24-22(25-17)19-10-13-26(15-19)14-18-6-2-3-8-21(18)27-16-20-7-4-5-11-23-20/h2-9,11-12,19H,10,13-16H2,1H3/t19-/m0/s1. The van der Waals surface area contributed by atoms with Gasteiger partial charge in [-0.05, 0) is 44.2 Å². The van der Waals surface area contributed by atoms with Crippen molar-refractivity contribution in [1.82, 2.24) is 19.9 Å². The number of para-hydroxylation sites is 1. The van der Waals surface area contributed by atoms with Crippen LogP contribution in [0.2, 0.25) is 0 Å². The largest absolute Gasteiger partial charge is 0.487 e. The van der Waals surface area contributed by atoms with Crippen molar-refractivity contribution in [2.45, 2.75) is 32.4 Å². The summed E-state index contributed by atoms with van der Waals surface area (Å²) < 4.78 is 6.05. The molecular formula is C22H24N4O. The summed E-state index contributed by atoms with van der Waals surface area (Å²) in [5.74, 6) is 2.31. The number of nitrogens with zero attached hydrogens (tertiary/aromatic N) is 4. The van der Waals surface area contributed by atoms with Gasteiger partial charge >= 0.3 is 0 Å². The maximum Gasteiger partial charge on any atom is 0.132 e. The van der Waals surface area contributed by atoms with Gasteiger partial charge in [0.1, 0.15) is 18.2 Å². The summed E-state index contributed by atoms with van der Waals surface area (Å²) >= 11 is 0. The van der Waals surface area contributed by atoms with Gasteiger partial charge in [-0.15, -0.1) is 0 Å². The van der Waals surface area contributed by atoms with Crippen LogP contribution in [0.15, 0.2) is 60.9 Å². The predicted molar refractivity (Wildman–Crippen MR) is 104 cm³/mol. The Bertz CT molecular complexity index is 884. The van der Waals surface area contributed by atoms with Gasteiger partial charge in [0.2, 0.25) is 0 Å². The van der Waals surface area contributed by atoms with Gasteiger partial charge < -0.3 is 4.74 Å². The Morgan fingerprint density at radius 3 is 2.78 bits per heavy atom. The fraction of sp³-hybridized carbons (Fsp3) is 0.318. The van der Waals surface area contributed by atoms with Crippen molar-refractivity contribution in [2.75, 3.05) is 13.1 Å². The predicted octanol–water partition coefficient (Wildman–Crippen LogP) is 3.75. The van der Waals surface area contributed by atoms with Crippen molar-refractivity contribution in [2.24, 2.45) is 0 Å². The number of hydrogen-bond acceptors (Lipinski definition) is 5. The number of aryl methyl sites for hydroxylation is 1. The van der Waals surface area contributed by atoms with Crippen molar-refractivity contribution in [1.29, 1.82) is 0 Å². The number of pyridine rings is 1. The van der Waals surface area contributed by atoms with Gasteiger partial charge in [-0.3, -0.25) is 9.88 Å². The molecule has 3 heterocycles. The lowest BCUT2D eigenvalue weighted by atomic mass is 10.1. The minimum Gasteiger partial charge on any atom is -0.487 e. The summed E-state index contributed by atoms with van der Waals surface area (Å²) in [5.41, 5.74) is 3.18. The van der Waals surface area contributed by atoms with Gasteiger partial charge in [0.05, 0.1) is 5.69 Å². The zero-order chi connectivity index (χ0) is 18.5. The molecule has 0 radical (unpaired) electrons. The van der Waals surface area contributed by atoms with Gasteiger partial charge in [-0.1, -0.05) is 24.3 Å². The Balaban J connectivity index is 1.40. The second kappa shape index (κ2) is 8.27. The summed E-state index contributed by atoms with van der Waals surface area (Å²) in [4.78, 5) is 15.9. The monoisotopic (exact) mass is 360 g/mol. The second-order valence-corrected chi connectivity index (χ2v) is 6.99. The number of likely N-dealkylation sites (tertiary alicyclic amines) is 1. The molecule has 0 spiro atoms. The van der Waals surface area contributed by atoms with Crippen LogP contribution in [0.25, 0.3) is 0 Å². The molecule has 5 nitrogen and oxygen atoms in total. The van der Waals surface area contributed by atoms with Gasteiger partial charge in [0, 0.05) is 42.7 Å². The molecule has 1 aromatic carbocycles. The maximum absolute atomic E-state index is 6.05. The van der Waals surface area contributed by atoms with Crippen LogP contribution < -0.4 is 4.74 Å². The van der Waals surface area contributed by atoms with Crippen LogP contribution in [0.3, 0.4) is 0 Å². The van der Waals surface area contributed by atoms with Gasteiger partial charge in [-0.25, -0.2) is 9.97 Å². The number of hydrogen-bond donors (Lipinski definition) is 0. The molecule has 3 aromatic rings. The highest BCUT2D eigenvalue weighted by atomic mass is 16.5. The van der Waals surface area contributed by atoms with E-state index in [1.54, 1.807) is 6.20 Å². The van der Waals surface area contributed by atoms with Crippen molar-refractivity contribution in [3.8, 4) is 5.75 Å². The van der Waals surface area contributed by atoms with E-state index < -0.39 is 0 Å². The molecule has 2 aromatic heterocycles. The molecule has 0 saturated carbocycles. The molecule has 138 valence electrons. The van der Waals surface area contributed by atoms with E-state index in [-0.39, 0.29) is 0 Å². The first-order chi connectivity index (χ1) is 13.3. The highest BCUT2D eigenvalue weighted by Gasteiger charge is 2.26. The summed E-state index contributed by atoms with van der Waals surface area (Å²) in [5, 5.41) is 0. The minimum atomic E-state index is 0.409. The summed E-state index contributed by atoms with van der Waals surface area (Å²) in [6, 6.07) is 16.1. The zero-order valence-electron chi connectivity index (χ0n) is 15.6. The Labute approximate surface area is 160 Å². The average Bonchev–Trinajstić information content (AvgIpc) is 3.17. The SMILES string of the molecule is Cc1ccnc([C@H]2CCN(Cc3ccccc3OCc3ccccn3)C2)n1. The van der Waals surface area contributed by atoms with E-state index in [2.05, 4.69) is 32.0 Å². The zero-order valence-corrected chi connectivity index (χ0v) is 15.6. The Hall–Kier alpha value is -2.79. The molecule has 0 amide bonds. The first-order valence-electron chi connectivity index (χ1n) is 9.40. The molecule has 4 rings (SSSR count). The summed E-state index contributed by atoms with van der Waals surface area (Å²) in [6.07, 6.45) is 4.75. The van der Waals surface area contributed by atoms with Gasteiger partial charge in [-0.2, -0.15) is 0 Å². The van der Waals surface area contributed by atoms with Crippen LogP contribution >= 0.6 is 0 Å². The van der Waals surface area contributed by atoms with Crippen LogP contribution in [0.5, 0.6) is 5.75 Å². The number of ether oxygens (including phenoxy) is 1. The van der Waals surface area contributed by atoms with Crippen LogP contribution in [0, 0.1) is 6.92 Å². The lowest BCUT2D eigenvalue weighted by Gasteiger charge is -2.18. The first-order valence-corrected chi connectivity index (χ1v) is 9.40. The third-order valence-electron chi connectivity index (χ3n) is 4.92. The fourth-order valence-electron chi connectivity index (χ4n) is 3.50. The van der Waals surface area contributed by atoms with E-state index in [1.165, 1.54) is 5.56 Å². The fourth-order valence-corrected chi connectivity index (χ4v) is 3.50. The molecule has 27 heavy (non-hydrogen) atoms. The van der Waals surface area contributed by atoms with E-state index in [9.17, 15) is 0 Å². The van der Waals surface area contributed by atoms with E-state index in [4.69, 9.17) is 4.74 Å². The smallest absolute Gasteiger partial charge is 0.132 e. The minimum absolute atomic E-state index is 0.409. The van der Waals surface area contributed by atoms with Gasteiger partial charge in [0.15, 0.2) is 0 Å². The third-order valence-corrected chi connectivity index (χ3v) is 4.92. The van der Waals surface area contributed by atoms with Crippen LogP contribution in [0.4, 0.5) is 0 Å². The van der Waals surface area contributed by atoms with Crippen LogP contribution in [-0.4, -0.2) is 32.9 Å². The van der Waals surface area contributed by atoms with E-state index in [1.807, 2.05) is 49.5 Å².